The first kappa shape index (κ1) is 9.59. The molecule has 0 saturated carbocycles. The van der Waals surface area contributed by atoms with Gasteiger partial charge < -0.3 is 11.1 Å². The van der Waals surface area contributed by atoms with Crippen LogP contribution in [-0.4, -0.2) is 0 Å². The van der Waals surface area contributed by atoms with Gasteiger partial charge in [0.2, 0.25) is 0 Å². The first-order valence-electron chi connectivity index (χ1n) is 4.98. The van der Waals surface area contributed by atoms with Gasteiger partial charge in [-0.2, -0.15) is 0 Å². The van der Waals surface area contributed by atoms with Gasteiger partial charge in [-0.05, 0) is 29.8 Å². The molecule has 0 radical (unpaired) electrons. The van der Waals surface area contributed by atoms with Crippen molar-refractivity contribution in [3.05, 3.63) is 60.2 Å². The molecule has 2 nitrogen and oxygen atoms in total. The molecule has 0 aliphatic rings. The van der Waals surface area contributed by atoms with Crippen LogP contribution in [0.4, 0.5) is 11.4 Å². The van der Waals surface area contributed by atoms with Crippen molar-refractivity contribution in [3.63, 3.8) is 0 Å². The maximum atomic E-state index is 5.61. The van der Waals surface area contributed by atoms with Crippen LogP contribution in [0.5, 0.6) is 0 Å². The Morgan fingerprint density at radius 2 is 1.53 bits per heavy atom. The van der Waals surface area contributed by atoms with Crippen molar-refractivity contribution in [3.8, 4) is 0 Å². The maximum absolute atomic E-state index is 5.61. The van der Waals surface area contributed by atoms with E-state index in [4.69, 9.17) is 5.73 Å². The summed E-state index contributed by atoms with van der Waals surface area (Å²) < 4.78 is 0. The minimum atomic E-state index is 0.804. The van der Waals surface area contributed by atoms with Gasteiger partial charge in [0.1, 0.15) is 0 Å². The highest BCUT2D eigenvalue weighted by atomic mass is 14.9. The molecule has 2 heteroatoms. The number of para-hydroxylation sites is 1. The molecule has 0 saturated heterocycles. The molecular formula is C13H14N2. The molecule has 0 spiro atoms. The van der Waals surface area contributed by atoms with E-state index in [-0.39, 0.29) is 0 Å². The Morgan fingerprint density at radius 3 is 2.20 bits per heavy atom. The number of hydrogen-bond donors (Lipinski definition) is 2. The Morgan fingerprint density at radius 1 is 0.867 bits per heavy atom. The van der Waals surface area contributed by atoms with Crippen LogP contribution in [0.3, 0.4) is 0 Å². The highest BCUT2D eigenvalue weighted by molar-refractivity contribution is 5.44. The number of nitrogens with two attached hydrogens (primary N) is 1. The molecule has 0 bridgehead atoms. The predicted molar refractivity (Wildman–Crippen MR) is 64.6 cm³/mol. The average Bonchev–Trinajstić information content (AvgIpc) is 2.30. The molecule has 2 aromatic rings. The Kier molecular flexibility index (Phi) is 2.88. The van der Waals surface area contributed by atoms with E-state index in [1.54, 1.807) is 0 Å². The van der Waals surface area contributed by atoms with E-state index in [1.807, 2.05) is 42.5 Å². The highest BCUT2D eigenvalue weighted by Gasteiger charge is 1.92. The summed E-state index contributed by atoms with van der Waals surface area (Å²) in [5.74, 6) is 0. The van der Waals surface area contributed by atoms with E-state index >= 15 is 0 Å². The van der Waals surface area contributed by atoms with Gasteiger partial charge in [0.15, 0.2) is 0 Å². The number of nitrogens with one attached hydrogen (secondary N) is 1. The lowest BCUT2D eigenvalue weighted by molar-refractivity contribution is 1.15. The van der Waals surface area contributed by atoms with Gasteiger partial charge in [-0.3, -0.25) is 0 Å². The molecule has 2 rings (SSSR count). The summed E-state index contributed by atoms with van der Waals surface area (Å²) in [5.41, 5.74) is 8.78. The second kappa shape index (κ2) is 4.51. The molecular weight excluding hydrogens is 184 g/mol. The Bertz CT molecular complexity index is 406. The van der Waals surface area contributed by atoms with Crippen LogP contribution in [0.25, 0.3) is 0 Å². The molecule has 3 N–H and O–H groups in total. The fraction of sp³-hybridized carbons (Fsp3) is 0.0769. The molecule has 0 aliphatic heterocycles. The van der Waals surface area contributed by atoms with E-state index in [0.29, 0.717) is 0 Å². The standard InChI is InChI=1S/C13H14N2/c14-12-8-6-11(7-9-12)10-15-13-4-2-1-3-5-13/h1-9,15H,10,14H2. The van der Waals surface area contributed by atoms with E-state index in [2.05, 4.69) is 17.4 Å². The zero-order valence-corrected chi connectivity index (χ0v) is 8.48. The van der Waals surface area contributed by atoms with Crippen LogP contribution >= 0.6 is 0 Å². The number of benzene rings is 2. The van der Waals surface area contributed by atoms with E-state index in [9.17, 15) is 0 Å². The van der Waals surface area contributed by atoms with Gasteiger partial charge in [0.05, 0.1) is 0 Å². The zero-order chi connectivity index (χ0) is 10.5. The number of rotatable bonds is 3. The lowest BCUT2D eigenvalue weighted by atomic mass is 10.2. The summed E-state index contributed by atoms with van der Waals surface area (Å²) in [7, 11) is 0. The molecule has 0 atom stereocenters. The van der Waals surface area contributed by atoms with Gasteiger partial charge in [0, 0.05) is 17.9 Å². The summed E-state index contributed by atoms with van der Waals surface area (Å²) in [6.07, 6.45) is 0. The topological polar surface area (TPSA) is 38.0 Å². The smallest absolute Gasteiger partial charge is 0.0400 e. The predicted octanol–water partition coefficient (Wildman–Crippen LogP) is 2.88. The van der Waals surface area contributed by atoms with Crippen molar-refractivity contribution in [2.75, 3.05) is 11.1 Å². The average molecular weight is 198 g/mol. The largest absolute Gasteiger partial charge is 0.399 e. The second-order valence-electron chi connectivity index (χ2n) is 3.46. The van der Waals surface area contributed by atoms with E-state index in [0.717, 1.165) is 17.9 Å². The van der Waals surface area contributed by atoms with Crippen LogP contribution in [0.15, 0.2) is 54.6 Å². The van der Waals surface area contributed by atoms with Crippen molar-refractivity contribution >= 4 is 11.4 Å². The lowest BCUT2D eigenvalue weighted by Crippen LogP contribution is -1.98. The van der Waals surface area contributed by atoms with Crippen molar-refractivity contribution in [1.82, 2.24) is 0 Å². The molecule has 76 valence electrons. The lowest BCUT2D eigenvalue weighted by Gasteiger charge is -2.06. The van der Waals surface area contributed by atoms with Crippen LogP contribution in [0, 0.1) is 0 Å². The molecule has 2 aromatic carbocycles. The van der Waals surface area contributed by atoms with E-state index in [1.165, 1.54) is 5.56 Å². The summed E-state index contributed by atoms with van der Waals surface area (Å²) in [5, 5.41) is 3.34. The Balaban J connectivity index is 1.96. The fourth-order valence-electron chi connectivity index (χ4n) is 1.40. The summed E-state index contributed by atoms with van der Waals surface area (Å²) >= 11 is 0. The van der Waals surface area contributed by atoms with Gasteiger partial charge in [-0.25, -0.2) is 0 Å². The van der Waals surface area contributed by atoms with Crippen molar-refractivity contribution in [2.24, 2.45) is 0 Å². The third-order valence-electron chi connectivity index (χ3n) is 2.25. The van der Waals surface area contributed by atoms with Crippen LogP contribution < -0.4 is 11.1 Å². The van der Waals surface area contributed by atoms with E-state index < -0.39 is 0 Å². The van der Waals surface area contributed by atoms with Gasteiger partial charge >= 0.3 is 0 Å². The minimum Gasteiger partial charge on any atom is -0.399 e. The highest BCUT2D eigenvalue weighted by Crippen LogP contribution is 2.09. The molecule has 0 aliphatic carbocycles. The molecule has 15 heavy (non-hydrogen) atoms. The summed E-state index contributed by atoms with van der Waals surface area (Å²) in [6, 6.07) is 18.1. The first-order valence-corrected chi connectivity index (χ1v) is 4.98. The molecule has 0 fully saturated rings. The molecule has 0 heterocycles. The zero-order valence-electron chi connectivity index (χ0n) is 8.48. The Labute approximate surface area is 89.7 Å². The first-order chi connectivity index (χ1) is 7.34. The fourth-order valence-corrected chi connectivity index (χ4v) is 1.40. The minimum absolute atomic E-state index is 0.804. The molecule has 0 amide bonds. The van der Waals surface area contributed by atoms with Gasteiger partial charge in [-0.15, -0.1) is 0 Å². The normalized spacial score (nSPS) is 9.87. The third-order valence-corrected chi connectivity index (χ3v) is 2.25. The monoisotopic (exact) mass is 198 g/mol. The van der Waals surface area contributed by atoms with Gasteiger partial charge in [0.25, 0.3) is 0 Å². The third kappa shape index (κ3) is 2.74. The SMILES string of the molecule is Nc1ccc(CNc2ccccc2)cc1. The number of anilines is 2. The Hall–Kier alpha value is -1.96. The summed E-state index contributed by atoms with van der Waals surface area (Å²) in [6.45, 7) is 0.824. The van der Waals surface area contributed by atoms with Crippen molar-refractivity contribution in [2.45, 2.75) is 6.54 Å². The van der Waals surface area contributed by atoms with Crippen molar-refractivity contribution < 1.29 is 0 Å². The molecule has 0 aromatic heterocycles. The number of hydrogen-bond acceptors (Lipinski definition) is 2. The quantitative estimate of drug-likeness (QED) is 0.744. The van der Waals surface area contributed by atoms with Crippen LogP contribution in [-0.2, 0) is 6.54 Å². The van der Waals surface area contributed by atoms with Gasteiger partial charge in [-0.1, -0.05) is 30.3 Å². The maximum Gasteiger partial charge on any atom is 0.0400 e. The number of nitrogen functional groups attached to an aromatic ring is 1. The summed E-state index contributed by atoms with van der Waals surface area (Å²) in [4.78, 5) is 0. The van der Waals surface area contributed by atoms with Crippen LogP contribution in [0.2, 0.25) is 0 Å². The van der Waals surface area contributed by atoms with Crippen LogP contribution in [0.1, 0.15) is 5.56 Å². The molecule has 0 unspecified atom stereocenters. The van der Waals surface area contributed by atoms with Crippen molar-refractivity contribution in [1.29, 1.82) is 0 Å². The second-order valence-corrected chi connectivity index (χ2v) is 3.46.